The zero-order valence-corrected chi connectivity index (χ0v) is 11.8. The Morgan fingerprint density at radius 1 is 1.06 bits per heavy atom. The van der Waals surface area contributed by atoms with E-state index in [9.17, 15) is 0 Å². The molecule has 0 atom stereocenters. The maximum absolute atomic E-state index is 6.08. The van der Waals surface area contributed by atoms with Gasteiger partial charge < -0.3 is 8.85 Å². The summed E-state index contributed by atoms with van der Waals surface area (Å²) in [6, 6.07) is 0. The maximum atomic E-state index is 6.08. The average molecular weight is 241 g/mol. The molecule has 2 aliphatic rings. The molecule has 0 aromatic rings. The van der Waals surface area contributed by atoms with E-state index in [1.807, 2.05) is 0 Å². The van der Waals surface area contributed by atoms with Crippen LogP contribution >= 0.6 is 0 Å². The van der Waals surface area contributed by atoms with Gasteiger partial charge in [-0.05, 0) is 38.0 Å². The molecule has 1 radical (unpaired) electrons. The van der Waals surface area contributed by atoms with E-state index < -0.39 is 9.28 Å². The lowest BCUT2D eigenvalue weighted by molar-refractivity contribution is 0.169. The Bertz CT molecular complexity index is 204. The van der Waals surface area contributed by atoms with Crippen molar-refractivity contribution in [2.75, 3.05) is 13.2 Å². The molecule has 0 unspecified atom stereocenters. The lowest BCUT2D eigenvalue weighted by Crippen LogP contribution is -2.36. The molecule has 2 bridgehead atoms. The summed E-state index contributed by atoms with van der Waals surface area (Å²) in [6.07, 6.45) is 9.23. The minimum atomic E-state index is -1.02. The normalized spacial score (nSPS) is 32.8. The Kier molecular flexibility index (Phi) is 4.45. The van der Waals surface area contributed by atoms with Crippen molar-refractivity contribution in [3.63, 3.8) is 0 Å². The highest BCUT2D eigenvalue weighted by Gasteiger charge is 2.53. The third kappa shape index (κ3) is 2.52. The minimum Gasteiger partial charge on any atom is -0.393 e. The predicted octanol–water partition coefficient (Wildman–Crippen LogP) is 3.66. The van der Waals surface area contributed by atoms with Gasteiger partial charge >= 0.3 is 9.28 Å². The van der Waals surface area contributed by atoms with Gasteiger partial charge in [-0.3, -0.25) is 0 Å². The fourth-order valence-electron chi connectivity index (χ4n) is 3.22. The molecule has 2 nitrogen and oxygen atoms in total. The van der Waals surface area contributed by atoms with Gasteiger partial charge in [0.2, 0.25) is 0 Å². The highest BCUT2D eigenvalue weighted by molar-refractivity contribution is 6.49. The van der Waals surface area contributed by atoms with E-state index in [2.05, 4.69) is 13.8 Å². The zero-order valence-electron chi connectivity index (χ0n) is 10.8. The minimum absolute atomic E-state index is 0.486. The standard InChI is InChI=1S/C13H25O2Si/c1-3-9-14-16(15-10-4-2)13-7-5-12(11-13)6-8-13/h12H,3-11H2,1-2H3. The van der Waals surface area contributed by atoms with Crippen LogP contribution in [-0.2, 0) is 8.85 Å². The first-order chi connectivity index (χ1) is 7.80. The van der Waals surface area contributed by atoms with E-state index in [1.54, 1.807) is 0 Å². The van der Waals surface area contributed by atoms with Crippen LogP contribution in [0.25, 0.3) is 0 Å². The number of rotatable bonds is 7. The highest BCUT2D eigenvalue weighted by Crippen LogP contribution is 2.61. The second-order valence-electron chi connectivity index (χ2n) is 5.41. The number of hydrogen-bond acceptors (Lipinski definition) is 2. The Balaban J connectivity index is 1.93. The maximum Gasteiger partial charge on any atom is 0.391 e. The van der Waals surface area contributed by atoms with E-state index >= 15 is 0 Å². The van der Waals surface area contributed by atoms with E-state index in [4.69, 9.17) is 8.85 Å². The van der Waals surface area contributed by atoms with Crippen molar-refractivity contribution in [2.24, 2.45) is 5.92 Å². The molecule has 2 fully saturated rings. The van der Waals surface area contributed by atoms with Gasteiger partial charge in [0.15, 0.2) is 0 Å². The van der Waals surface area contributed by atoms with Gasteiger partial charge in [0.1, 0.15) is 0 Å². The van der Waals surface area contributed by atoms with Crippen molar-refractivity contribution < 1.29 is 8.85 Å². The van der Waals surface area contributed by atoms with Crippen LogP contribution in [0.1, 0.15) is 58.8 Å². The van der Waals surface area contributed by atoms with Gasteiger partial charge in [-0.25, -0.2) is 0 Å². The summed E-state index contributed by atoms with van der Waals surface area (Å²) in [6.45, 7) is 6.15. The van der Waals surface area contributed by atoms with Gasteiger partial charge in [0, 0.05) is 18.3 Å². The first-order valence-electron chi connectivity index (χ1n) is 6.94. The third-order valence-electron chi connectivity index (χ3n) is 4.05. The molecule has 93 valence electrons. The van der Waals surface area contributed by atoms with Crippen LogP contribution in [0.4, 0.5) is 0 Å². The predicted molar refractivity (Wildman–Crippen MR) is 67.5 cm³/mol. The Hall–Kier alpha value is 0.137. The molecule has 0 heterocycles. The molecule has 2 saturated carbocycles. The van der Waals surface area contributed by atoms with Crippen LogP contribution in [0.15, 0.2) is 0 Å². The lowest BCUT2D eigenvalue weighted by Gasteiger charge is -2.32. The molecule has 2 aliphatic carbocycles. The van der Waals surface area contributed by atoms with Crippen LogP contribution in [0.5, 0.6) is 0 Å². The fraction of sp³-hybridized carbons (Fsp3) is 1.00. The van der Waals surface area contributed by atoms with Gasteiger partial charge in [-0.1, -0.05) is 26.7 Å². The van der Waals surface area contributed by atoms with E-state index in [0.717, 1.165) is 32.0 Å². The zero-order chi connectivity index (χ0) is 11.4. The molecule has 0 N–H and O–H groups in total. The molecule has 16 heavy (non-hydrogen) atoms. The van der Waals surface area contributed by atoms with E-state index in [1.165, 1.54) is 32.1 Å². The largest absolute Gasteiger partial charge is 0.393 e. The second-order valence-corrected chi connectivity index (χ2v) is 7.63. The summed E-state index contributed by atoms with van der Waals surface area (Å²) >= 11 is 0. The summed E-state index contributed by atoms with van der Waals surface area (Å²) in [5.41, 5.74) is 0. The van der Waals surface area contributed by atoms with Crippen molar-refractivity contribution in [3.05, 3.63) is 0 Å². The van der Waals surface area contributed by atoms with Crippen LogP contribution in [-0.4, -0.2) is 22.5 Å². The van der Waals surface area contributed by atoms with Gasteiger partial charge in [-0.2, -0.15) is 0 Å². The van der Waals surface area contributed by atoms with E-state index in [-0.39, 0.29) is 0 Å². The first kappa shape index (κ1) is 12.6. The first-order valence-corrected chi connectivity index (χ1v) is 8.25. The topological polar surface area (TPSA) is 18.5 Å². The average Bonchev–Trinajstić information content (AvgIpc) is 2.90. The summed E-state index contributed by atoms with van der Waals surface area (Å²) in [5.74, 6) is 0.996. The smallest absolute Gasteiger partial charge is 0.391 e. The van der Waals surface area contributed by atoms with Crippen molar-refractivity contribution >= 4 is 9.28 Å². The Labute approximate surface area is 102 Å². The molecule has 0 aliphatic heterocycles. The summed E-state index contributed by atoms with van der Waals surface area (Å²) < 4.78 is 12.2. The summed E-state index contributed by atoms with van der Waals surface area (Å²) in [4.78, 5) is 0. The van der Waals surface area contributed by atoms with Crippen LogP contribution in [0.3, 0.4) is 0 Å². The van der Waals surface area contributed by atoms with Gasteiger partial charge in [0.25, 0.3) is 0 Å². The van der Waals surface area contributed by atoms with E-state index in [0.29, 0.717) is 5.04 Å². The molecule has 0 aromatic heterocycles. The quantitative estimate of drug-likeness (QED) is 0.633. The van der Waals surface area contributed by atoms with Gasteiger partial charge in [0.05, 0.1) is 0 Å². The number of fused-ring (bicyclic) bond motifs is 2. The molecule has 0 aromatic carbocycles. The highest BCUT2D eigenvalue weighted by atomic mass is 28.3. The second kappa shape index (κ2) is 5.65. The SMILES string of the molecule is CCCO[Si](OCCC)C12CCC(CC1)C2. The lowest BCUT2D eigenvalue weighted by atomic mass is 10.0. The van der Waals surface area contributed by atoms with Crippen LogP contribution in [0, 0.1) is 5.92 Å². The third-order valence-corrected chi connectivity index (χ3v) is 6.55. The molecule has 2 rings (SSSR count). The van der Waals surface area contributed by atoms with Crippen molar-refractivity contribution in [1.82, 2.24) is 0 Å². The molecule has 3 heteroatoms. The molecule has 0 spiro atoms. The van der Waals surface area contributed by atoms with Gasteiger partial charge in [-0.15, -0.1) is 0 Å². The molecular weight excluding hydrogens is 216 g/mol. The fourth-order valence-corrected chi connectivity index (χ4v) is 5.84. The summed E-state index contributed by atoms with van der Waals surface area (Å²) in [5, 5.41) is 0.486. The summed E-state index contributed by atoms with van der Waals surface area (Å²) in [7, 11) is -1.02. The van der Waals surface area contributed by atoms with Crippen molar-refractivity contribution in [3.8, 4) is 0 Å². The Morgan fingerprint density at radius 3 is 2.00 bits per heavy atom. The Morgan fingerprint density at radius 2 is 1.62 bits per heavy atom. The van der Waals surface area contributed by atoms with Crippen LogP contribution < -0.4 is 0 Å². The monoisotopic (exact) mass is 241 g/mol. The molecular formula is C13H25O2Si. The molecule has 0 saturated heterocycles. The van der Waals surface area contributed by atoms with Crippen molar-refractivity contribution in [1.29, 1.82) is 0 Å². The molecule has 0 amide bonds. The number of hydrogen-bond donors (Lipinski definition) is 0. The van der Waals surface area contributed by atoms with Crippen LogP contribution in [0.2, 0.25) is 5.04 Å². The van der Waals surface area contributed by atoms with Crippen molar-refractivity contribution in [2.45, 2.75) is 63.8 Å².